The molecule has 0 saturated carbocycles. The molecule has 0 saturated heterocycles. The van der Waals surface area contributed by atoms with Crippen LogP contribution in [0.25, 0.3) is 0 Å². The van der Waals surface area contributed by atoms with Crippen molar-refractivity contribution in [1.82, 2.24) is 5.32 Å². The molecule has 0 heterocycles. The smallest absolute Gasteiger partial charge is 0.0584 e. The third-order valence-electron chi connectivity index (χ3n) is 1.92. The van der Waals surface area contributed by atoms with E-state index in [1.54, 1.807) is 0 Å². The van der Waals surface area contributed by atoms with Crippen molar-refractivity contribution in [3.63, 3.8) is 0 Å². The Labute approximate surface area is 83.1 Å². The predicted molar refractivity (Wildman–Crippen MR) is 58.0 cm³/mol. The third kappa shape index (κ3) is 8.26. The highest BCUT2D eigenvalue weighted by molar-refractivity contribution is 4.63. The monoisotopic (exact) mass is 187 g/mol. The van der Waals surface area contributed by atoms with Gasteiger partial charge in [0, 0.05) is 0 Å². The van der Waals surface area contributed by atoms with Gasteiger partial charge in [0.2, 0.25) is 0 Å². The molecule has 2 nitrogen and oxygen atoms in total. The molecule has 0 bridgehead atoms. The summed E-state index contributed by atoms with van der Waals surface area (Å²) in [4.78, 5) is 0. The Morgan fingerprint density at radius 1 is 1.31 bits per heavy atom. The molecule has 0 aromatic rings. The van der Waals surface area contributed by atoms with Crippen LogP contribution in [0.15, 0.2) is 0 Å². The normalized spacial score (nSPS) is 14.5. The van der Waals surface area contributed by atoms with Gasteiger partial charge in [-0.25, -0.2) is 0 Å². The molecular weight excluding hydrogens is 162 g/mol. The fourth-order valence-corrected chi connectivity index (χ4v) is 1.08. The Morgan fingerprint density at radius 3 is 2.31 bits per heavy atom. The van der Waals surface area contributed by atoms with Gasteiger partial charge in [-0.15, -0.1) is 0 Å². The van der Waals surface area contributed by atoms with Crippen LogP contribution in [0.2, 0.25) is 0 Å². The molecule has 0 aliphatic rings. The fraction of sp³-hybridized carbons (Fsp3) is 1.00. The highest BCUT2D eigenvalue weighted by Gasteiger charge is 2.13. The Bertz CT molecular complexity index is 118. The minimum atomic E-state index is 0.285. The van der Waals surface area contributed by atoms with Crippen LogP contribution in [0.1, 0.15) is 40.5 Å². The second kappa shape index (κ2) is 6.39. The first-order valence-corrected chi connectivity index (χ1v) is 5.26. The largest absolute Gasteiger partial charge is 0.378 e. The maximum atomic E-state index is 5.82. The van der Waals surface area contributed by atoms with Gasteiger partial charge in [-0.2, -0.15) is 0 Å². The van der Waals surface area contributed by atoms with E-state index in [-0.39, 0.29) is 5.41 Å². The predicted octanol–water partition coefficient (Wildman–Crippen LogP) is 2.44. The molecule has 0 aliphatic heterocycles. The van der Waals surface area contributed by atoms with Gasteiger partial charge in [0.15, 0.2) is 0 Å². The summed E-state index contributed by atoms with van der Waals surface area (Å²) in [5.74, 6) is 0. The lowest BCUT2D eigenvalue weighted by Gasteiger charge is -2.23. The topological polar surface area (TPSA) is 21.3 Å². The molecule has 1 N–H and O–H groups in total. The van der Waals surface area contributed by atoms with E-state index in [0.717, 1.165) is 26.0 Å². The van der Waals surface area contributed by atoms with Crippen LogP contribution < -0.4 is 5.32 Å². The zero-order chi connectivity index (χ0) is 10.3. The van der Waals surface area contributed by atoms with Gasteiger partial charge in [-0.3, -0.25) is 0 Å². The van der Waals surface area contributed by atoms with E-state index in [4.69, 9.17) is 4.74 Å². The fourth-order valence-electron chi connectivity index (χ4n) is 1.08. The van der Waals surface area contributed by atoms with Gasteiger partial charge >= 0.3 is 0 Å². The minimum Gasteiger partial charge on any atom is -0.378 e. The molecule has 0 aromatic carbocycles. The molecule has 0 aromatic heterocycles. The van der Waals surface area contributed by atoms with E-state index in [1.165, 1.54) is 0 Å². The van der Waals surface area contributed by atoms with E-state index in [1.807, 2.05) is 7.05 Å². The lowest BCUT2D eigenvalue weighted by molar-refractivity contribution is 0.00311. The van der Waals surface area contributed by atoms with Crippen LogP contribution in [0.5, 0.6) is 0 Å². The molecule has 0 amide bonds. The lowest BCUT2D eigenvalue weighted by atomic mass is 9.98. The van der Waals surface area contributed by atoms with Crippen molar-refractivity contribution < 1.29 is 4.74 Å². The number of rotatable bonds is 6. The van der Waals surface area contributed by atoms with Crippen LogP contribution in [0, 0.1) is 5.41 Å². The molecule has 0 rings (SSSR count). The van der Waals surface area contributed by atoms with Crippen LogP contribution >= 0.6 is 0 Å². The number of ether oxygens (including phenoxy) is 1. The summed E-state index contributed by atoms with van der Waals surface area (Å²) in [6, 6.07) is 0. The van der Waals surface area contributed by atoms with Crippen LogP contribution in [-0.2, 0) is 4.74 Å². The molecule has 0 fully saturated rings. The summed E-state index contributed by atoms with van der Waals surface area (Å²) in [6.45, 7) is 10.7. The van der Waals surface area contributed by atoms with Gasteiger partial charge in [0.25, 0.3) is 0 Å². The zero-order valence-corrected chi connectivity index (χ0v) is 9.81. The van der Waals surface area contributed by atoms with Crippen LogP contribution in [0.3, 0.4) is 0 Å². The van der Waals surface area contributed by atoms with E-state index in [0.29, 0.717) is 6.10 Å². The van der Waals surface area contributed by atoms with Gasteiger partial charge in [-0.1, -0.05) is 27.7 Å². The van der Waals surface area contributed by atoms with Crippen molar-refractivity contribution in [3.05, 3.63) is 0 Å². The van der Waals surface area contributed by atoms with Gasteiger partial charge in [0.1, 0.15) is 0 Å². The second-order valence-corrected chi connectivity index (χ2v) is 4.79. The summed E-state index contributed by atoms with van der Waals surface area (Å²) in [7, 11) is 1.98. The van der Waals surface area contributed by atoms with Crippen molar-refractivity contribution >= 4 is 0 Å². The molecule has 1 atom stereocenters. The second-order valence-electron chi connectivity index (χ2n) is 4.79. The van der Waals surface area contributed by atoms with Crippen molar-refractivity contribution in [2.24, 2.45) is 5.41 Å². The van der Waals surface area contributed by atoms with Crippen LogP contribution in [-0.4, -0.2) is 26.3 Å². The number of hydrogen-bond acceptors (Lipinski definition) is 2. The minimum absolute atomic E-state index is 0.285. The average molecular weight is 187 g/mol. The lowest BCUT2D eigenvalue weighted by Crippen LogP contribution is -2.24. The Morgan fingerprint density at radius 2 is 1.92 bits per heavy atom. The van der Waals surface area contributed by atoms with Gasteiger partial charge in [-0.05, 0) is 31.8 Å². The molecule has 13 heavy (non-hydrogen) atoms. The van der Waals surface area contributed by atoms with Gasteiger partial charge < -0.3 is 10.1 Å². The molecule has 1 unspecified atom stereocenters. The molecule has 0 radical (unpaired) electrons. The summed E-state index contributed by atoms with van der Waals surface area (Å²) >= 11 is 0. The quantitative estimate of drug-likeness (QED) is 0.689. The maximum Gasteiger partial charge on any atom is 0.0584 e. The average Bonchev–Trinajstić information content (AvgIpc) is 2.03. The number of nitrogens with one attached hydrogen (secondary N) is 1. The highest BCUT2D eigenvalue weighted by Crippen LogP contribution is 2.15. The van der Waals surface area contributed by atoms with Crippen molar-refractivity contribution in [2.45, 2.75) is 46.6 Å². The summed E-state index contributed by atoms with van der Waals surface area (Å²) < 4.78 is 5.82. The standard InChI is InChI=1S/C11H25NO/c1-6-10(7-8-12-5)13-9-11(2,3)4/h10,12H,6-9H2,1-5H3. The van der Waals surface area contributed by atoms with Crippen molar-refractivity contribution in [3.8, 4) is 0 Å². The number of hydrogen-bond donors (Lipinski definition) is 1. The van der Waals surface area contributed by atoms with E-state index in [9.17, 15) is 0 Å². The Hall–Kier alpha value is -0.0800. The molecule has 0 spiro atoms. The molecule has 0 aliphatic carbocycles. The molecular formula is C11H25NO. The SMILES string of the molecule is CCC(CCNC)OCC(C)(C)C. The molecule has 2 heteroatoms. The van der Waals surface area contributed by atoms with Crippen LogP contribution in [0.4, 0.5) is 0 Å². The zero-order valence-electron chi connectivity index (χ0n) is 9.81. The first-order chi connectivity index (χ1) is 5.99. The Kier molecular flexibility index (Phi) is 6.35. The van der Waals surface area contributed by atoms with Gasteiger partial charge in [0.05, 0.1) is 12.7 Å². The van der Waals surface area contributed by atoms with E-state index >= 15 is 0 Å². The summed E-state index contributed by atoms with van der Waals surface area (Å²) in [6.07, 6.45) is 2.65. The van der Waals surface area contributed by atoms with E-state index < -0.39 is 0 Å². The van der Waals surface area contributed by atoms with Crippen molar-refractivity contribution in [1.29, 1.82) is 0 Å². The Balaban J connectivity index is 3.59. The molecule has 80 valence electrons. The first kappa shape index (κ1) is 12.9. The maximum absolute atomic E-state index is 5.82. The highest BCUT2D eigenvalue weighted by atomic mass is 16.5. The summed E-state index contributed by atoms with van der Waals surface area (Å²) in [5.41, 5.74) is 0.285. The van der Waals surface area contributed by atoms with Crippen molar-refractivity contribution in [2.75, 3.05) is 20.2 Å². The first-order valence-electron chi connectivity index (χ1n) is 5.26. The van der Waals surface area contributed by atoms with E-state index in [2.05, 4.69) is 33.0 Å². The third-order valence-corrected chi connectivity index (χ3v) is 1.92. The summed E-state index contributed by atoms with van der Waals surface area (Å²) in [5, 5.41) is 3.15.